The van der Waals surface area contributed by atoms with Crippen LogP contribution in [0.2, 0.25) is 0 Å². The number of carbonyl (C=O) groups is 2. The molecule has 7 heteroatoms. The number of benzene rings is 1. The number of rotatable bonds is 8. The summed E-state index contributed by atoms with van der Waals surface area (Å²) >= 11 is 0. The number of amides is 1. The smallest absolute Gasteiger partial charge is 0.329 e. The highest BCUT2D eigenvalue weighted by atomic mass is 16.5. The second-order valence-electron chi connectivity index (χ2n) is 11.2. The first-order valence-electron chi connectivity index (χ1n) is 14.3. The summed E-state index contributed by atoms with van der Waals surface area (Å²) < 4.78 is 16.8. The molecule has 1 N–H and O–H groups in total. The third-order valence-corrected chi connectivity index (χ3v) is 9.27. The Morgan fingerprint density at radius 1 is 0.838 bits per heavy atom. The summed E-state index contributed by atoms with van der Waals surface area (Å²) in [6.07, 6.45) is 13.7. The zero-order valence-electron chi connectivity index (χ0n) is 22.9. The molecule has 3 aliphatic rings. The number of nitrogens with zero attached hydrogens (tertiary/aromatic N) is 1. The maximum absolute atomic E-state index is 14.8. The third-order valence-electron chi connectivity index (χ3n) is 9.27. The lowest BCUT2D eigenvalue weighted by molar-refractivity contribution is -0.170. The van der Waals surface area contributed by atoms with E-state index >= 15 is 0 Å². The first-order chi connectivity index (χ1) is 18.0. The molecule has 1 aromatic carbocycles. The van der Waals surface area contributed by atoms with E-state index in [2.05, 4.69) is 0 Å². The molecule has 0 radical (unpaired) electrons. The number of hydrogen-bond acceptors (Lipinski definition) is 5. The van der Waals surface area contributed by atoms with E-state index < -0.39 is 17.4 Å². The number of hydrogen-bond donors (Lipinski definition) is 1. The van der Waals surface area contributed by atoms with Crippen molar-refractivity contribution in [1.82, 2.24) is 4.90 Å². The average molecular weight is 516 g/mol. The van der Waals surface area contributed by atoms with Gasteiger partial charge in [0.15, 0.2) is 11.5 Å². The molecule has 4 rings (SSSR count). The van der Waals surface area contributed by atoms with Crippen LogP contribution in [-0.4, -0.2) is 55.3 Å². The van der Waals surface area contributed by atoms with Gasteiger partial charge >= 0.3 is 5.97 Å². The standard InChI is InChI=1S/C30H45NO6/c1-35-24-19-22(20-25(36-2)27(24)37-3)26(21-13-7-6-8-14-21)28(32)31-18-12-11-17-30(31,29(33)34)23-15-9-4-5-10-16-23/h19-21,23,26H,4-18H2,1-3H3,(H,33,34)/t26-,30-/m0/s1. The SMILES string of the molecule is COc1cc([C@@H](C(=O)N2CCCC[C@@]2(C(=O)O)C2CCCCCC2)C2CCCCC2)cc(OC)c1OC. The van der Waals surface area contributed by atoms with Gasteiger partial charge in [0.2, 0.25) is 11.7 Å². The number of carbonyl (C=O) groups excluding carboxylic acids is 1. The molecule has 3 fully saturated rings. The predicted molar refractivity (Wildman–Crippen MR) is 143 cm³/mol. The highest BCUT2D eigenvalue weighted by Gasteiger charge is 2.54. The normalized spacial score (nSPS) is 24.7. The molecule has 0 unspecified atom stereocenters. The fraction of sp³-hybridized carbons (Fsp3) is 0.733. The van der Waals surface area contributed by atoms with Crippen LogP contribution in [0, 0.1) is 11.8 Å². The number of methoxy groups -OCH3 is 3. The second kappa shape index (κ2) is 12.4. The maximum Gasteiger partial charge on any atom is 0.329 e. The van der Waals surface area contributed by atoms with Crippen LogP contribution in [0.15, 0.2) is 12.1 Å². The molecule has 2 aliphatic carbocycles. The van der Waals surface area contributed by atoms with Crippen LogP contribution >= 0.6 is 0 Å². The van der Waals surface area contributed by atoms with Crippen LogP contribution in [0.5, 0.6) is 17.2 Å². The number of carboxylic acid groups (broad SMARTS) is 1. The van der Waals surface area contributed by atoms with Crippen molar-refractivity contribution in [3.05, 3.63) is 17.7 Å². The summed E-state index contributed by atoms with van der Waals surface area (Å²) in [5.74, 6) is 0.425. The Balaban J connectivity index is 1.80. The van der Waals surface area contributed by atoms with Gasteiger partial charge in [0, 0.05) is 6.54 Å². The van der Waals surface area contributed by atoms with Gasteiger partial charge < -0.3 is 24.2 Å². The van der Waals surface area contributed by atoms with Gasteiger partial charge in [0.25, 0.3) is 0 Å². The van der Waals surface area contributed by atoms with Crippen molar-refractivity contribution in [2.45, 2.75) is 101 Å². The van der Waals surface area contributed by atoms with Gasteiger partial charge in [-0.1, -0.05) is 44.9 Å². The van der Waals surface area contributed by atoms with Crippen molar-refractivity contribution >= 4 is 11.9 Å². The van der Waals surface area contributed by atoms with Crippen molar-refractivity contribution < 1.29 is 28.9 Å². The number of ether oxygens (including phenoxy) is 3. The zero-order chi connectivity index (χ0) is 26.4. The minimum atomic E-state index is -1.12. The monoisotopic (exact) mass is 515 g/mol. The van der Waals surface area contributed by atoms with Crippen LogP contribution in [0.1, 0.15) is 101 Å². The van der Waals surface area contributed by atoms with Crippen LogP contribution in [-0.2, 0) is 9.59 Å². The van der Waals surface area contributed by atoms with Crippen molar-refractivity contribution in [1.29, 1.82) is 0 Å². The Labute approximate surface area is 221 Å². The first kappa shape index (κ1) is 27.6. The minimum Gasteiger partial charge on any atom is -0.493 e. The number of aliphatic carboxylic acids is 1. The van der Waals surface area contributed by atoms with Crippen molar-refractivity contribution in [3.8, 4) is 17.2 Å². The van der Waals surface area contributed by atoms with E-state index in [0.29, 0.717) is 30.2 Å². The average Bonchev–Trinajstić information content (AvgIpc) is 3.23. The van der Waals surface area contributed by atoms with E-state index in [1.807, 2.05) is 17.0 Å². The largest absolute Gasteiger partial charge is 0.493 e. The Kier molecular flexibility index (Phi) is 9.25. The molecule has 0 bridgehead atoms. The highest BCUT2D eigenvalue weighted by Crippen LogP contribution is 2.48. The highest BCUT2D eigenvalue weighted by molar-refractivity contribution is 5.91. The maximum atomic E-state index is 14.8. The van der Waals surface area contributed by atoms with Gasteiger partial charge in [0.1, 0.15) is 5.54 Å². The van der Waals surface area contributed by atoms with Gasteiger partial charge in [0.05, 0.1) is 27.2 Å². The Hall–Kier alpha value is -2.44. The molecule has 1 amide bonds. The van der Waals surface area contributed by atoms with E-state index in [-0.39, 0.29) is 17.7 Å². The summed E-state index contributed by atoms with van der Waals surface area (Å²) in [6.45, 7) is 0.509. The zero-order valence-corrected chi connectivity index (χ0v) is 22.9. The molecule has 206 valence electrons. The van der Waals surface area contributed by atoms with Crippen molar-refractivity contribution in [2.24, 2.45) is 11.8 Å². The molecule has 1 aliphatic heterocycles. The summed E-state index contributed by atoms with van der Waals surface area (Å²) in [4.78, 5) is 29.7. The molecule has 0 aromatic heterocycles. The van der Waals surface area contributed by atoms with Crippen molar-refractivity contribution in [2.75, 3.05) is 27.9 Å². The summed E-state index contributed by atoms with van der Waals surface area (Å²) in [6, 6.07) is 3.80. The fourth-order valence-corrected chi connectivity index (χ4v) is 7.42. The molecular formula is C30H45NO6. The Bertz CT molecular complexity index is 909. The van der Waals surface area contributed by atoms with E-state index in [1.54, 1.807) is 21.3 Å². The van der Waals surface area contributed by atoms with Gasteiger partial charge in [-0.2, -0.15) is 0 Å². The Morgan fingerprint density at radius 3 is 1.95 bits per heavy atom. The van der Waals surface area contributed by atoms with Crippen LogP contribution < -0.4 is 14.2 Å². The van der Waals surface area contributed by atoms with E-state index in [1.165, 1.54) is 6.42 Å². The summed E-state index contributed by atoms with van der Waals surface area (Å²) in [7, 11) is 4.75. The van der Waals surface area contributed by atoms with Gasteiger partial charge in [-0.05, 0) is 74.5 Å². The van der Waals surface area contributed by atoms with Crippen LogP contribution in [0.3, 0.4) is 0 Å². The van der Waals surface area contributed by atoms with Gasteiger partial charge in [-0.15, -0.1) is 0 Å². The lowest BCUT2D eigenvalue weighted by Crippen LogP contribution is -2.64. The molecule has 0 spiro atoms. The van der Waals surface area contributed by atoms with Gasteiger partial charge in [-0.25, -0.2) is 4.79 Å². The predicted octanol–water partition coefficient (Wildman–Crippen LogP) is 6.18. The molecule has 2 atom stereocenters. The van der Waals surface area contributed by atoms with Gasteiger partial charge in [-0.3, -0.25) is 4.79 Å². The lowest BCUT2D eigenvalue weighted by Gasteiger charge is -2.50. The topological polar surface area (TPSA) is 85.3 Å². The fourth-order valence-electron chi connectivity index (χ4n) is 7.42. The quantitative estimate of drug-likeness (QED) is 0.416. The molecule has 1 heterocycles. The van der Waals surface area contributed by atoms with E-state index in [4.69, 9.17) is 14.2 Å². The van der Waals surface area contributed by atoms with Crippen LogP contribution in [0.4, 0.5) is 0 Å². The molecule has 7 nitrogen and oxygen atoms in total. The molecule has 2 saturated carbocycles. The Morgan fingerprint density at radius 2 is 1.41 bits per heavy atom. The number of carboxylic acids is 1. The second-order valence-corrected chi connectivity index (χ2v) is 11.2. The third kappa shape index (κ3) is 5.42. The summed E-state index contributed by atoms with van der Waals surface area (Å²) in [5, 5.41) is 10.8. The molecule has 1 saturated heterocycles. The molecular weight excluding hydrogens is 470 g/mol. The van der Waals surface area contributed by atoms with Crippen molar-refractivity contribution in [3.63, 3.8) is 0 Å². The lowest BCUT2D eigenvalue weighted by atomic mass is 9.70. The molecule has 37 heavy (non-hydrogen) atoms. The summed E-state index contributed by atoms with van der Waals surface area (Å²) in [5.41, 5.74) is -0.287. The number of piperidine rings is 1. The minimum absolute atomic E-state index is 0.00342. The first-order valence-corrected chi connectivity index (χ1v) is 14.3. The van der Waals surface area contributed by atoms with Crippen LogP contribution in [0.25, 0.3) is 0 Å². The van der Waals surface area contributed by atoms with E-state index in [9.17, 15) is 14.7 Å². The van der Waals surface area contributed by atoms with E-state index in [0.717, 1.165) is 82.6 Å². The number of likely N-dealkylation sites (tertiary alicyclic amines) is 1. The molecule has 1 aromatic rings.